The number of carbonyl (C=O) groups is 2. The number of benzene rings is 1. The Labute approximate surface area is 115 Å². The normalized spacial score (nSPS) is 22.5. The van der Waals surface area contributed by atoms with E-state index in [1.54, 1.807) is 18.2 Å². The van der Waals surface area contributed by atoms with Crippen molar-refractivity contribution in [2.45, 2.75) is 24.8 Å². The molecule has 1 heterocycles. The predicted octanol–water partition coefficient (Wildman–Crippen LogP) is 1.19. The highest BCUT2D eigenvalue weighted by molar-refractivity contribution is 8.00. The van der Waals surface area contributed by atoms with Crippen molar-refractivity contribution in [1.82, 2.24) is 4.90 Å². The van der Waals surface area contributed by atoms with Crippen molar-refractivity contribution in [2.24, 2.45) is 0 Å². The minimum atomic E-state index is -0.947. The fraction of sp³-hybridized carbons (Fsp3) is 0.385. The number of thioether (sulfide) groups is 1. The molecule has 3 N–H and O–H groups in total. The van der Waals surface area contributed by atoms with Crippen LogP contribution in [0, 0.1) is 0 Å². The Morgan fingerprint density at radius 1 is 1.53 bits per heavy atom. The molecule has 1 aromatic carbocycles. The molecule has 0 aromatic heterocycles. The summed E-state index contributed by atoms with van der Waals surface area (Å²) in [5.41, 5.74) is 7.07. The van der Waals surface area contributed by atoms with Gasteiger partial charge in [0.2, 0.25) is 5.91 Å². The van der Waals surface area contributed by atoms with Crippen LogP contribution in [-0.2, 0) is 16.0 Å². The zero-order valence-corrected chi connectivity index (χ0v) is 11.4. The van der Waals surface area contributed by atoms with Crippen molar-refractivity contribution in [1.29, 1.82) is 0 Å². The maximum atomic E-state index is 12.3. The number of hydrogen-bond acceptors (Lipinski definition) is 4. The summed E-state index contributed by atoms with van der Waals surface area (Å²) >= 11 is 1.48. The molecule has 1 saturated heterocycles. The van der Waals surface area contributed by atoms with Crippen molar-refractivity contribution in [3.8, 4) is 0 Å². The van der Waals surface area contributed by atoms with Gasteiger partial charge in [-0.2, -0.15) is 0 Å². The van der Waals surface area contributed by atoms with Gasteiger partial charge < -0.3 is 15.7 Å². The van der Waals surface area contributed by atoms with Gasteiger partial charge in [-0.05, 0) is 24.6 Å². The number of carbonyl (C=O) groups excluding carboxylic acids is 1. The second kappa shape index (κ2) is 5.52. The van der Waals surface area contributed by atoms with Gasteiger partial charge in [0.15, 0.2) is 0 Å². The standard InChI is InChI=1S/C13H16N2O3S/c1-8-15(11(7-19-8)13(17)18)12(16)6-9-3-2-4-10(14)5-9/h2-5,8,11H,6-7,14H2,1H3,(H,17,18). The lowest BCUT2D eigenvalue weighted by Crippen LogP contribution is -2.45. The van der Waals surface area contributed by atoms with Gasteiger partial charge in [0.1, 0.15) is 6.04 Å². The summed E-state index contributed by atoms with van der Waals surface area (Å²) in [4.78, 5) is 24.9. The van der Waals surface area contributed by atoms with Crippen LogP contribution in [0.5, 0.6) is 0 Å². The number of carboxylic acids is 1. The van der Waals surface area contributed by atoms with Crippen LogP contribution in [0.3, 0.4) is 0 Å². The fourth-order valence-electron chi connectivity index (χ4n) is 2.18. The monoisotopic (exact) mass is 280 g/mol. The molecule has 0 aliphatic carbocycles. The zero-order chi connectivity index (χ0) is 14.0. The molecular weight excluding hydrogens is 264 g/mol. The molecule has 0 radical (unpaired) electrons. The summed E-state index contributed by atoms with van der Waals surface area (Å²) in [6.45, 7) is 1.85. The summed E-state index contributed by atoms with van der Waals surface area (Å²) in [5, 5.41) is 9.03. The van der Waals surface area contributed by atoms with E-state index in [1.807, 2.05) is 13.0 Å². The number of nitrogens with two attached hydrogens (primary N) is 1. The van der Waals surface area contributed by atoms with E-state index in [1.165, 1.54) is 16.7 Å². The Kier molecular flexibility index (Phi) is 3.99. The Morgan fingerprint density at radius 2 is 2.26 bits per heavy atom. The molecule has 0 saturated carbocycles. The van der Waals surface area contributed by atoms with Crippen molar-refractivity contribution in [2.75, 3.05) is 11.5 Å². The van der Waals surface area contributed by atoms with Crippen LogP contribution in [0.25, 0.3) is 0 Å². The molecule has 0 spiro atoms. The lowest BCUT2D eigenvalue weighted by atomic mass is 10.1. The van der Waals surface area contributed by atoms with Gasteiger partial charge in [-0.1, -0.05) is 12.1 Å². The SMILES string of the molecule is CC1SCC(C(=O)O)N1C(=O)Cc1cccc(N)c1. The number of carboxylic acid groups (broad SMARTS) is 1. The van der Waals surface area contributed by atoms with E-state index in [0.29, 0.717) is 11.4 Å². The number of hydrogen-bond donors (Lipinski definition) is 2. The molecule has 2 atom stereocenters. The number of aliphatic carboxylic acids is 1. The molecule has 1 aliphatic rings. The van der Waals surface area contributed by atoms with E-state index >= 15 is 0 Å². The summed E-state index contributed by atoms with van der Waals surface area (Å²) in [5.74, 6) is -0.674. The van der Waals surface area contributed by atoms with Crippen molar-refractivity contribution >= 4 is 29.3 Å². The largest absolute Gasteiger partial charge is 0.480 e. The average molecular weight is 280 g/mol. The highest BCUT2D eigenvalue weighted by Crippen LogP contribution is 2.29. The van der Waals surface area contributed by atoms with Crippen molar-refractivity contribution < 1.29 is 14.7 Å². The quantitative estimate of drug-likeness (QED) is 0.812. The van der Waals surface area contributed by atoms with Crippen molar-refractivity contribution in [3.63, 3.8) is 0 Å². The zero-order valence-electron chi connectivity index (χ0n) is 10.6. The van der Waals surface area contributed by atoms with Gasteiger partial charge >= 0.3 is 5.97 Å². The van der Waals surface area contributed by atoms with E-state index in [2.05, 4.69) is 0 Å². The first-order valence-electron chi connectivity index (χ1n) is 5.99. The predicted molar refractivity (Wildman–Crippen MR) is 74.7 cm³/mol. The molecule has 102 valence electrons. The van der Waals surface area contributed by atoms with Gasteiger partial charge in [0.05, 0.1) is 11.8 Å². The van der Waals surface area contributed by atoms with Gasteiger partial charge in [0.25, 0.3) is 0 Å². The van der Waals surface area contributed by atoms with Crippen LogP contribution < -0.4 is 5.73 Å². The Balaban J connectivity index is 2.12. The molecule has 0 bridgehead atoms. The Hall–Kier alpha value is -1.69. The van der Waals surface area contributed by atoms with Crippen LogP contribution in [-0.4, -0.2) is 39.1 Å². The number of nitrogen functional groups attached to an aromatic ring is 1. The summed E-state index contributed by atoms with van der Waals surface area (Å²) < 4.78 is 0. The van der Waals surface area contributed by atoms with Crippen LogP contribution in [0.1, 0.15) is 12.5 Å². The molecule has 6 heteroatoms. The fourth-order valence-corrected chi connectivity index (χ4v) is 3.37. The Morgan fingerprint density at radius 3 is 2.89 bits per heavy atom. The van der Waals surface area contributed by atoms with Crippen LogP contribution in [0.4, 0.5) is 5.69 Å². The summed E-state index contributed by atoms with van der Waals surface area (Å²) in [7, 11) is 0. The third-order valence-electron chi connectivity index (χ3n) is 3.10. The van der Waals surface area contributed by atoms with Gasteiger partial charge in [0, 0.05) is 11.4 Å². The molecule has 1 fully saturated rings. The minimum Gasteiger partial charge on any atom is -0.480 e. The lowest BCUT2D eigenvalue weighted by molar-refractivity contribution is -0.148. The smallest absolute Gasteiger partial charge is 0.327 e. The molecular formula is C13H16N2O3S. The molecule has 2 rings (SSSR count). The van der Waals surface area contributed by atoms with Crippen LogP contribution in [0.2, 0.25) is 0 Å². The van der Waals surface area contributed by atoms with E-state index in [-0.39, 0.29) is 17.7 Å². The van der Waals surface area contributed by atoms with E-state index in [4.69, 9.17) is 10.8 Å². The highest BCUT2D eigenvalue weighted by atomic mass is 32.2. The van der Waals surface area contributed by atoms with Gasteiger partial charge in [-0.15, -0.1) is 11.8 Å². The van der Waals surface area contributed by atoms with E-state index < -0.39 is 12.0 Å². The lowest BCUT2D eigenvalue weighted by Gasteiger charge is -2.25. The topological polar surface area (TPSA) is 83.6 Å². The maximum Gasteiger partial charge on any atom is 0.327 e. The van der Waals surface area contributed by atoms with Crippen LogP contribution >= 0.6 is 11.8 Å². The molecule has 5 nitrogen and oxygen atoms in total. The Bertz CT molecular complexity index is 506. The second-order valence-electron chi connectivity index (χ2n) is 4.51. The molecule has 19 heavy (non-hydrogen) atoms. The van der Waals surface area contributed by atoms with Gasteiger partial charge in [-0.3, -0.25) is 4.79 Å². The maximum absolute atomic E-state index is 12.3. The number of nitrogens with zero attached hydrogens (tertiary/aromatic N) is 1. The first-order chi connectivity index (χ1) is 8.99. The molecule has 1 amide bonds. The average Bonchev–Trinajstić information content (AvgIpc) is 2.71. The molecule has 1 aromatic rings. The summed E-state index contributed by atoms with van der Waals surface area (Å²) in [6.07, 6.45) is 0.180. The van der Waals surface area contributed by atoms with Gasteiger partial charge in [-0.25, -0.2) is 4.79 Å². The number of amides is 1. The first-order valence-corrected chi connectivity index (χ1v) is 7.04. The highest BCUT2D eigenvalue weighted by Gasteiger charge is 2.39. The second-order valence-corrected chi connectivity index (χ2v) is 5.86. The number of rotatable bonds is 3. The number of anilines is 1. The first kappa shape index (κ1) is 13.7. The molecule has 1 aliphatic heterocycles. The third-order valence-corrected chi connectivity index (χ3v) is 4.32. The third kappa shape index (κ3) is 3.01. The van der Waals surface area contributed by atoms with Crippen LogP contribution in [0.15, 0.2) is 24.3 Å². The van der Waals surface area contributed by atoms with Crippen molar-refractivity contribution in [3.05, 3.63) is 29.8 Å². The molecule has 2 unspecified atom stereocenters. The summed E-state index contributed by atoms with van der Waals surface area (Å²) in [6, 6.07) is 6.37. The van der Waals surface area contributed by atoms with E-state index in [9.17, 15) is 9.59 Å². The van der Waals surface area contributed by atoms with E-state index in [0.717, 1.165) is 5.56 Å². The minimum absolute atomic E-state index is 0.102.